The van der Waals surface area contributed by atoms with Crippen molar-refractivity contribution in [3.8, 4) is 10.9 Å². The van der Waals surface area contributed by atoms with Gasteiger partial charge in [0.15, 0.2) is 0 Å². The van der Waals surface area contributed by atoms with E-state index in [0.29, 0.717) is 23.2 Å². The van der Waals surface area contributed by atoms with E-state index in [1.807, 2.05) is 79.7 Å². The highest BCUT2D eigenvalue weighted by Crippen LogP contribution is 2.44. The van der Waals surface area contributed by atoms with Crippen LogP contribution >= 0.6 is 34.7 Å². The molecule has 3 heterocycles. The predicted molar refractivity (Wildman–Crippen MR) is 147 cm³/mol. The van der Waals surface area contributed by atoms with Gasteiger partial charge in [-0.05, 0) is 42.8 Å². The maximum absolute atomic E-state index is 12.7. The van der Waals surface area contributed by atoms with Crippen LogP contribution in [0.1, 0.15) is 27.6 Å². The SMILES string of the molecule is Cc1nn(-c2nc3ccccc3s2)c2c1C(c1ccc(OCc3ccccc3Cl)cc1)SCC(=O)N2. The highest BCUT2D eigenvalue weighted by Gasteiger charge is 2.31. The number of halogens is 1. The fourth-order valence-electron chi connectivity index (χ4n) is 4.25. The third-order valence-electron chi connectivity index (χ3n) is 6.01. The number of hydrogen-bond donors (Lipinski definition) is 1. The zero-order valence-corrected chi connectivity index (χ0v) is 21.7. The summed E-state index contributed by atoms with van der Waals surface area (Å²) < 4.78 is 8.81. The minimum absolute atomic E-state index is 0.0503. The van der Waals surface area contributed by atoms with Gasteiger partial charge in [0, 0.05) is 16.1 Å². The second kappa shape index (κ2) is 9.61. The first-order valence-electron chi connectivity index (χ1n) is 11.4. The highest BCUT2D eigenvalue weighted by atomic mass is 35.5. The number of aromatic nitrogens is 3. The predicted octanol–water partition coefficient (Wildman–Crippen LogP) is 6.80. The van der Waals surface area contributed by atoms with Crippen LogP contribution < -0.4 is 10.1 Å². The number of anilines is 1. The van der Waals surface area contributed by atoms with E-state index in [4.69, 9.17) is 26.4 Å². The van der Waals surface area contributed by atoms with Gasteiger partial charge in [-0.2, -0.15) is 9.78 Å². The standard InChI is InChI=1S/C27H21ClN4O2S2/c1-16-24-25(17-10-12-19(13-11-17)34-14-18-6-2-3-7-20(18)28)35-15-23(33)30-26(24)32(31-16)27-29-21-8-4-5-9-22(21)36-27/h2-13,25H,14-15H2,1H3,(H,30,33). The fraction of sp³-hybridized carbons (Fsp3) is 0.148. The Balaban J connectivity index is 1.32. The lowest BCUT2D eigenvalue weighted by molar-refractivity contribution is -0.113. The Morgan fingerprint density at radius 2 is 1.86 bits per heavy atom. The van der Waals surface area contributed by atoms with Crippen LogP contribution in [0, 0.1) is 6.92 Å². The van der Waals surface area contributed by atoms with Gasteiger partial charge in [0.05, 0.1) is 26.9 Å². The van der Waals surface area contributed by atoms with Crippen molar-refractivity contribution in [2.75, 3.05) is 11.1 Å². The van der Waals surface area contributed by atoms with Crippen LogP contribution in [0.25, 0.3) is 15.3 Å². The van der Waals surface area contributed by atoms with Gasteiger partial charge in [0.1, 0.15) is 18.2 Å². The van der Waals surface area contributed by atoms with Crippen molar-refractivity contribution in [2.45, 2.75) is 18.8 Å². The number of hydrogen-bond acceptors (Lipinski definition) is 6. The topological polar surface area (TPSA) is 69.0 Å². The molecule has 5 aromatic rings. The minimum Gasteiger partial charge on any atom is -0.489 e. The van der Waals surface area contributed by atoms with Crippen molar-refractivity contribution in [1.82, 2.24) is 14.8 Å². The van der Waals surface area contributed by atoms with E-state index in [1.165, 1.54) is 0 Å². The summed E-state index contributed by atoms with van der Waals surface area (Å²) in [5.41, 5.74) is 4.79. The molecule has 0 radical (unpaired) electrons. The first kappa shape index (κ1) is 23.1. The van der Waals surface area contributed by atoms with Crippen molar-refractivity contribution in [1.29, 1.82) is 0 Å². The van der Waals surface area contributed by atoms with Gasteiger partial charge in [-0.15, -0.1) is 11.8 Å². The number of ether oxygens (including phenoxy) is 1. The molecule has 1 aliphatic rings. The van der Waals surface area contributed by atoms with E-state index in [-0.39, 0.29) is 11.2 Å². The molecule has 0 aliphatic carbocycles. The molecule has 180 valence electrons. The molecule has 0 spiro atoms. The summed E-state index contributed by atoms with van der Waals surface area (Å²) in [6, 6.07) is 23.7. The second-order valence-corrected chi connectivity index (χ2v) is 10.9. The lowest BCUT2D eigenvalue weighted by Crippen LogP contribution is -2.15. The van der Waals surface area contributed by atoms with E-state index >= 15 is 0 Å². The summed E-state index contributed by atoms with van der Waals surface area (Å²) in [4.78, 5) is 17.4. The van der Waals surface area contributed by atoms with Crippen LogP contribution in [0.5, 0.6) is 5.75 Å². The molecule has 0 bridgehead atoms. The molecule has 2 aromatic heterocycles. The molecule has 1 aliphatic heterocycles. The van der Waals surface area contributed by atoms with Crippen LogP contribution in [0.4, 0.5) is 5.82 Å². The maximum atomic E-state index is 12.7. The first-order chi connectivity index (χ1) is 17.6. The maximum Gasteiger partial charge on any atom is 0.235 e. The van der Waals surface area contributed by atoms with E-state index in [2.05, 4.69) is 5.32 Å². The monoisotopic (exact) mass is 532 g/mol. The lowest BCUT2D eigenvalue weighted by Gasteiger charge is -2.16. The summed E-state index contributed by atoms with van der Waals surface area (Å²) in [5.74, 6) is 1.74. The van der Waals surface area contributed by atoms with Crippen molar-refractivity contribution in [3.05, 3.63) is 100 Å². The molecule has 1 N–H and O–H groups in total. The van der Waals surface area contributed by atoms with Gasteiger partial charge in [-0.25, -0.2) is 4.98 Å². The number of rotatable bonds is 5. The summed E-state index contributed by atoms with van der Waals surface area (Å²) in [6.45, 7) is 2.38. The smallest absolute Gasteiger partial charge is 0.235 e. The van der Waals surface area contributed by atoms with Crippen LogP contribution in [0.3, 0.4) is 0 Å². The zero-order valence-electron chi connectivity index (χ0n) is 19.3. The van der Waals surface area contributed by atoms with Crippen LogP contribution in [0.15, 0.2) is 72.8 Å². The highest BCUT2D eigenvalue weighted by molar-refractivity contribution is 8.00. The third kappa shape index (κ3) is 4.36. The Bertz CT molecular complexity index is 1550. The number of para-hydroxylation sites is 1. The van der Waals surface area contributed by atoms with Gasteiger partial charge >= 0.3 is 0 Å². The number of thiazole rings is 1. The van der Waals surface area contributed by atoms with E-state index < -0.39 is 0 Å². The van der Waals surface area contributed by atoms with E-state index in [9.17, 15) is 4.79 Å². The fourth-order valence-corrected chi connectivity index (χ4v) is 6.55. The Hall–Kier alpha value is -3.33. The molecule has 0 fully saturated rings. The Kier molecular flexibility index (Phi) is 6.17. The molecular formula is C27H21ClN4O2S2. The van der Waals surface area contributed by atoms with Gasteiger partial charge in [0.25, 0.3) is 0 Å². The minimum atomic E-state index is -0.0558. The molecule has 6 rings (SSSR count). The largest absolute Gasteiger partial charge is 0.489 e. The Labute approximate surface area is 221 Å². The van der Waals surface area contributed by atoms with Crippen molar-refractivity contribution in [2.24, 2.45) is 0 Å². The summed E-state index contributed by atoms with van der Waals surface area (Å²) in [5, 5.41) is 9.24. The van der Waals surface area contributed by atoms with Crippen LogP contribution in [-0.2, 0) is 11.4 Å². The molecular weight excluding hydrogens is 512 g/mol. The first-order valence-corrected chi connectivity index (χ1v) is 13.6. The second-order valence-electron chi connectivity index (χ2n) is 8.41. The van der Waals surface area contributed by atoms with E-state index in [1.54, 1.807) is 27.8 Å². The quantitative estimate of drug-likeness (QED) is 0.269. The number of thioether (sulfide) groups is 1. The zero-order chi connectivity index (χ0) is 24.6. The van der Waals surface area contributed by atoms with Gasteiger partial charge < -0.3 is 10.1 Å². The molecule has 6 nitrogen and oxygen atoms in total. The number of fused-ring (bicyclic) bond motifs is 2. The summed E-state index contributed by atoms with van der Waals surface area (Å²) in [6.07, 6.45) is 0. The molecule has 1 atom stereocenters. The van der Waals surface area contributed by atoms with Crippen molar-refractivity contribution in [3.63, 3.8) is 0 Å². The van der Waals surface area contributed by atoms with Crippen molar-refractivity contribution >= 4 is 56.6 Å². The summed E-state index contributed by atoms with van der Waals surface area (Å²) in [7, 11) is 0. The Morgan fingerprint density at radius 3 is 2.67 bits per heavy atom. The third-order valence-corrected chi connectivity index (χ3v) is 8.66. The number of carbonyl (C=O) groups is 1. The Morgan fingerprint density at radius 1 is 1.08 bits per heavy atom. The number of carbonyl (C=O) groups excluding carboxylic acids is 1. The molecule has 0 saturated heterocycles. The molecule has 36 heavy (non-hydrogen) atoms. The van der Waals surface area contributed by atoms with Crippen LogP contribution in [0.2, 0.25) is 5.02 Å². The molecule has 1 unspecified atom stereocenters. The van der Waals surface area contributed by atoms with Crippen molar-refractivity contribution < 1.29 is 9.53 Å². The van der Waals surface area contributed by atoms with Gasteiger partial charge in [0.2, 0.25) is 11.0 Å². The van der Waals surface area contributed by atoms with E-state index in [0.717, 1.165) is 43.5 Å². The number of benzene rings is 3. The number of amides is 1. The average molecular weight is 533 g/mol. The molecule has 0 saturated carbocycles. The molecule has 9 heteroatoms. The normalized spacial score (nSPS) is 15.4. The van der Waals surface area contributed by atoms with Crippen LogP contribution in [-0.4, -0.2) is 26.4 Å². The number of aryl methyl sites for hydroxylation is 1. The lowest BCUT2D eigenvalue weighted by atomic mass is 10.0. The summed E-state index contributed by atoms with van der Waals surface area (Å²) >= 11 is 9.40. The number of nitrogens with one attached hydrogen (secondary N) is 1. The molecule has 1 amide bonds. The molecule has 3 aromatic carbocycles. The van der Waals surface area contributed by atoms with Gasteiger partial charge in [-0.3, -0.25) is 4.79 Å². The number of nitrogens with zero attached hydrogens (tertiary/aromatic N) is 3. The average Bonchev–Trinajstić information content (AvgIpc) is 3.40. The van der Waals surface area contributed by atoms with Gasteiger partial charge in [-0.1, -0.05) is 65.4 Å².